The summed E-state index contributed by atoms with van der Waals surface area (Å²) in [5, 5.41) is 0. The predicted molar refractivity (Wildman–Crippen MR) is 82.3 cm³/mol. The van der Waals surface area contributed by atoms with Gasteiger partial charge in [0.1, 0.15) is 6.61 Å². The normalized spacial score (nSPS) is 26.8. The van der Waals surface area contributed by atoms with Gasteiger partial charge in [-0.05, 0) is 43.2 Å². The zero-order valence-corrected chi connectivity index (χ0v) is 12.8. The molecule has 5 nitrogen and oxygen atoms in total. The molecule has 0 spiro atoms. The molecule has 1 saturated heterocycles. The highest BCUT2D eigenvalue weighted by molar-refractivity contribution is 5.77. The van der Waals surface area contributed by atoms with Crippen molar-refractivity contribution in [3.05, 3.63) is 35.4 Å². The van der Waals surface area contributed by atoms with Gasteiger partial charge in [0.2, 0.25) is 0 Å². The second-order valence-electron chi connectivity index (χ2n) is 6.26. The van der Waals surface area contributed by atoms with Gasteiger partial charge in [0.25, 0.3) is 0 Å². The van der Waals surface area contributed by atoms with Crippen molar-refractivity contribution in [1.29, 1.82) is 0 Å². The van der Waals surface area contributed by atoms with Crippen LogP contribution in [0.3, 0.4) is 0 Å². The van der Waals surface area contributed by atoms with Crippen molar-refractivity contribution in [3.63, 3.8) is 0 Å². The monoisotopic (exact) mass is 302 g/mol. The van der Waals surface area contributed by atoms with Crippen molar-refractivity contribution in [2.75, 3.05) is 13.2 Å². The molecule has 3 atom stereocenters. The van der Waals surface area contributed by atoms with Crippen molar-refractivity contribution in [2.45, 2.75) is 38.1 Å². The number of primary amides is 1. The van der Waals surface area contributed by atoms with E-state index < -0.39 is 6.03 Å². The van der Waals surface area contributed by atoms with Crippen LogP contribution in [-0.4, -0.2) is 36.1 Å². The third-order valence-corrected chi connectivity index (χ3v) is 4.76. The number of urea groups is 1. The molecule has 1 aromatic carbocycles. The minimum absolute atomic E-state index is 0.0375. The Labute approximate surface area is 130 Å². The minimum atomic E-state index is -0.428. The fraction of sp³-hybridized carbons (Fsp3) is 0.529. The van der Waals surface area contributed by atoms with E-state index in [1.807, 2.05) is 12.1 Å². The molecule has 2 aliphatic rings. The highest BCUT2D eigenvalue weighted by Gasteiger charge is 2.46. The molecular weight excluding hydrogens is 280 g/mol. The molecule has 0 radical (unpaired) electrons. The molecule has 5 heteroatoms. The van der Waals surface area contributed by atoms with E-state index in [1.165, 1.54) is 11.1 Å². The van der Waals surface area contributed by atoms with Gasteiger partial charge in [-0.2, -0.15) is 0 Å². The topological polar surface area (TPSA) is 72.6 Å². The molecule has 1 aliphatic carbocycles. The number of hydrogen-bond acceptors (Lipinski definition) is 3. The Balaban J connectivity index is 1.52. The summed E-state index contributed by atoms with van der Waals surface area (Å²) in [5.74, 6) is 0.0960. The van der Waals surface area contributed by atoms with Crippen molar-refractivity contribution < 1.29 is 14.3 Å². The Morgan fingerprint density at radius 3 is 2.86 bits per heavy atom. The van der Waals surface area contributed by atoms with Gasteiger partial charge in [-0.1, -0.05) is 24.3 Å². The molecule has 2 N–H and O–H groups in total. The first-order valence-electron chi connectivity index (χ1n) is 7.86. The van der Waals surface area contributed by atoms with Crippen LogP contribution in [0.4, 0.5) is 4.79 Å². The SMILES string of the molecule is Cc1ccccc1[C@@H]1C[C@@H]1C(=O)OC[C@H]1CCCN1C(N)=O. The second-order valence-corrected chi connectivity index (χ2v) is 6.26. The third-order valence-electron chi connectivity index (χ3n) is 4.76. The van der Waals surface area contributed by atoms with Gasteiger partial charge < -0.3 is 15.4 Å². The fourth-order valence-corrected chi connectivity index (χ4v) is 3.39. The van der Waals surface area contributed by atoms with E-state index in [0.717, 1.165) is 19.3 Å². The summed E-state index contributed by atoms with van der Waals surface area (Å²) in [7, 11) is 0. The zero-order chi connectivity index (χ0) is 15.7. The standard InChI is InChI=1S/C17H22N2O3/c1-11-5-2-3-7-13(11)14-9-15(14)16(20)22-10-12-6-4-8-19(12)17(18)21/h2-3,5,7,12,14-15H,4,6,8-10H2,1H3,(H2,18,21)/t12-,14+,15+/m1/s1. The lowest BCUT2D eigenvalue weighted by atomic mass is 10.0. The fourth-order valence-electron chi connectivity index (χ4n) is 3.39. The first-order chi connectivity index (χ1) is 10.6. The third kappa shape index (κ3) is 2.93. The minimum Gasteiger partial charge on any atom is -0.463 e. The maximum absolute atomic E-state index is 12.2. The Bertz CT molecular complexity index is 587. The molecule has 1 aliphatic heterocycles. The van der Waals surface area contributed by atoms with Crippen molar-refractivity contribution >= 4 is 12.0 Å². The van der Waals surface area contributed by atoms with Gasteiger partial charge >= 0.3 is 12.0 Å². The average molecular weight is 302 g/mol. The Morgan fingerprint density at radius 2 is 2.14 bits per heavy atom. The molecule has 2 amide bonds. The first kappa shape index (κ1) is 14.9. The van der Waals surface area contributed by atoms with Crippen LogP contribution in [0.15, 0.2) is 24.3 Å². The summed E-state index contributed by atoms with van der Waals surface area (Å²) >= 11 is 0. The number of likely N-dealkylation sites (tertiary alicyclic amines) is 1. The summed E-state index contributed by atoms with van der Waals surface area (Å²) in [6.07, 6.45) is 2.62. The van der Waals surface area contributed by atoms with Crippen LogP contribution in [0.5, 0.6) is 0 Å². The van der Waals surface area contributed by atoms with Gasteiger partial charge in [-0.15, -0.1) is 0 Å². The van der Waals surface area contributed by atoms with Gasteiger partial charge in [0.05, 0.1) is 12.0 Å². The number of amides is 2. The number of benzene rings is 1. The number of nitrogens with two attached hydrogens (primary N) is 1. The van der Waals surface area contributed by atoms with Gasteiger partial charge in [0.15, 0.2) is 0 Å². The molecule has 0 aromatic heterocycles. The van der Waals surface area contributed by atoms with Gasteiger partial charge in [0, 0.05) is 6.54 Å². The lowest BCUT2D eigenvalue weighted by Crippen LogP contribution is -2.42. The van der Waals surface area contributed by atoms with E-state index >= 15 is 0 Å². The molecule has 1 aromatic rings. The Morgan fingerprint density at radius 1 is 1.36 bits per heavy atom. The number of rotatable bonds is 4. The molecule has 3 rings (SSSR count). The van der Waals surface area contributed by atoms with Crippen LogP contribution in [0, 0.1) is 12.8 Å². The molecular formula is C17H22N2O3. The summed E-state index contributed by atoms with van der Waals surface area (Å²) in [5.41, 5.74) is 7.79. The molecule has 0 unspecified atom stereocenters. The number of esters is 1. The van der Waals surface area contributed by atoms with Crippen LogP contribution in [-0.2, 0) is 9.53 Å². The van der Waals surface area contributed by atoms with Crippen LogP contribution >= 0.6 is 0 Å². The number of carbonyl (C=O) groups is 2. The molecule has 2 fully saturated rings. The number of aryl methyl sites for hydroxylation is 1. The van der Waals surface area contributed by atoms with Crippen molar-refractivity contribution in [1.82, 2.24) is 4.90 Å². The lowest BCUT2D eigenvalue weighted by molar-refractivity contribution is -0.146. The maximum atomic E-state index is 12.2. The summed E-state index contributed by atoms with van der Waals surface area (Å²) in [6.45, 7) is 2.99. The van der Waals surface area contributed by atoms with Crippen LogP contribution in [0.25, 0.3) is 0 Å². The Hall–Kier alpha value is -2.04. The summed E-state index contributed by atoms with van der Waals surface area (Å²) in [4.78, 5) is 25.1. The van der Waals surface area contributed by atoms with E-state index in [2.05, 4.69) is 19.1 Å². The van der Waals surface area contributed by atoms with E-state index in [1.54, 1.807) is 4.90 Å². The zero-order valence-electron chi connectivity index (χ0n) is 12.8. The largest absolute Gasteiger partial charge is 0.463 e. The van der Waals surface area contributed by atoms with Gasteiger partial charge in [-0.3, -0.25) is 4.79 Å². The Kier molecular flexibility index (Phi) is 4.05. The van der Waals surface area contributed by atoms with Gasteiger partial charge in [-0.25, -0.2) is 4.79 Å². The summed E-state index contributed by atoms with van der Waals surface area (Å²) < 4.78 is 5.43. The van der Waals surface area contributed by atoms with E-state index in [-0.39, 0.29) is 30.5 Å². The van der Waals surface area contributed by atoms with E-state index in [0.29, 0.717) is 6.54 Å². The number of ether oxygens (including phenoxy) is 1. The van der Waals surface area contributed by atoms with E-state index in [4.69, 9.17) is 10.5 Å². The van der Waals surface area contributed by atoms with Crippen LogP contribution < -0.4 is 5.73 Å². The maximum Gasteiger partial charge on any atom is 0.315 e. The van der Waals surface area contributed by atoms with Crippen molar-refractivity contribution in [2.24, 2.45) is 11.7 Å². The van der Waals surface area contributed by atoms with Crippen LogP contribution in [0.2, 0.25) is 0 Å². The number of nitrogens with zero attached hydrogens (tertiary/aromatic N) is 1. The van der Waals surface area contributed by atoms with Crippen LogP contribution in [0.1, 0.15) is 36.3 Å². The summed E-state index contributed by atoms with van der Waals surface area (Å²) in [6, 6.07) is 7.68. The molecule has 0 bridgehead atoms. The van der Waals surface area contributed by atoms with E-state index in [9.17, 15) is 9.59 Å². The average Bonchev–Trinajstić information content (AvgIpc) is 3.14. The highest BCUT2D eigenvalue weighted by Crippen LogP contribution is 2.49. The molecule has 1 heterocycles. The quantitative estimate of drug-likeness (QED) is 0.866. The highest BCUT2D eigenvalue weighted by atomic mass is 16.5. The lowest BCUT2D eigenvalue weighted by Gasteiger charge is -2.22. The molecule has 22 heavy (non-hydrogen) atoms. The molecule has 118 valence electrons. The predicted octanol–water partition coefficient (Wildman–Crippen LogP) is 2.18. The second kappa shape index (κ2) is 5.99. The first-order valence-corrected chi connectivity index (χ1v) is 7.86. The smallest absolute Gasteiger partial charge is 0.315 e. The van der Waals surface area contributed by atoms with Crippen molar-refractivity contribution in [3.8, 4) is 0 Å². The molecule has 1 saturated carbocycles. The number of hydrogen-bond donors (Lipinski definition) is 1. The number of carbonyl (C=O) groups excluding carboxylic acids is 2.